The van der Waals surface area contributed by atoms with E-state index in [1.807, 2.05) is 6.92 Å². The Morgan fingerprint density at radius 1 is 1.46 bits per heavy atom. The lowest BCUT2D eigenvalue weighted by Gasteiger charge is -2.08. The zero-order valence-electron chi connectivity index (χ0n) is 13.2. The maximum absolute atomic E-state index is 12.4. The molecule has 124 valence electrons. The van der Waals surface area contributed by atoms with Crippen molar-refractivity contribution >= 4 is 22.7 Å². The Hall–Kier alpha value is -2.74. The van der Waals surface area contributed by atoms with Crippen LogP contribution < -0.4 is 5.32 Å². The summed E-state index contributed by atoms with van der Waals surface area (Å²) in [7, 11) is 0. The number of nitrogens with one attached hydrogen (secondary N) is 1. The first-order valence-corrected chi connectivity index (χ1v) is 7.86. The Morgan fingerprint density at radius 3 is 3.21 bits per heavy atom. The van der Waals surface area contributed by atoms with Crippen LogP contribution in [0.5, 0.6) is 0 Å². The van der Waals surface area contributed by atoms with Crippen LogP contribution in [0, 0.1) is 6.92 Å². The molecule has 1 saturated heterocycles. The van der Waals surface area contributed by atoms with Crippen LogP contribution in [0.4, 0.5) is 5.69 Å². The molecule has 0 spiro atoms. The van der Waals surface area contributed by atoms with Gasteiger partial charge in [-0.3, -0.25) is 9.48 Å². The number of rotatable bonds is 4. The van der Waals surface area contributed by atoms with E-state index in [1.54, 1.807) is 23.1 Å². The second-order valence-electron chi connectivity index (χ2n) is 5.88. The number of carbonyl (C=O) groups excluding carboxylic acids is 1. The van der Waals surface area contributed by atoms with Gasteiger partial charge in [0.05, 0.1) is 41.2 Å². The average molecular weight is 327 g/mol. The van der Waals surface area contributed by atoms with Crippen LogP contribution in [0.2, 0.25) is 0 Å². The fourth-order valence-corrected chi connectivity index (χ4v) is 2.80. The Morgan fingerprint density at radius 2 is 2.38 bits per heavy atom. The lowest BCUT2D eigenvalue weighted by molar-refractivity contribution is 0.0940. The third-order valence-corrected chi connectivity index (χ3v) is 4.08. The summed E-state index contributed by atoms with van der Waals surface area (Å²) in [6.07, 6.45) is 7.24. The van der Waals surface area contributed by atoms with Gasteiger partial charge in [0.2, 0.25) is 0 Å². The molecule has 3 aromatic heterocycles. The van der Waals surface area contributed by atoms with E-state index in [9.17, 15) is 4.79 Å². The number of ether oxygens (including phenoxy) is 1. The molecule has 24 heavy (non-hydrogen) atoms. The van der Waals surface area contributed by atoms with Crippen LogP contribution in [0.25, 0.3) is 11.1 Å². The molecule has 4 heterocycles. The number of aromatic nitrogens is 4. The molecule has 3 aromatic rings. The number of aryl methyl sites for hydroxylation is 1. The fraction of sp³-hybridized carbons (Fsp3) is 0.375. The van der Waals surface area contributed by atoms with Crippen molar-refractivity contribution in [3.05, 3.63) is 35.9 Å². The molecule has 0 saturated carbocycles. The molecule has 8 heteroatoms. The third-order valence-electron chi connectivity index (χ3n) is 4.08. The average Bonchev–Trinajstić information content (AvgIpc) is 3.31. The molecule has 0 bridgehead atoms. The van der Waals surface area contributed by atoms with Crippen molar-refractivity contribution in [1.82, 2.24) is 19.9 Å². The van der Waals surface area contributed by atoms with Crippen LogP contribution in [-0.4, -0.2) is 38.5 Å². The monoisotopic (exact) mass is 327 g/mol. The topological polar surface area (TPSA) is 95.1 Å². The minimum atomic E-state index is -0.248. The number of amides is 1. The number of hydrogen-bond donors (Lipinski definition) is 1. The van der Waals surface area contributed by atoms with Gasteiger partial charge in [-0.25, -0.2) is 4.98 Å². The summed E-state index contributed by atoms with van der Waals surface area (Å²) in [6.45, 7) is 3.32. The lowest BCUT2D eigenvalue weighted by atomic mass is 10.2. The number of anilines is 1. The standard InChI is InChI=1S/C16H17N5O3/c1-10-14-5-11(6-17-16(14)24-20-10)15(22)19-12-7-18-21(8-12)9-13-3-2-4-23-13/h5-8,13H,2-4,9H2,1H3,(H,19,22). The molecular weight excluding hydrogens is 310 g/mol. The molecule has 8 nitrogen and oxygen atoms in total. The second kappa shape index (κ2) is 6.04. The molecule has 1 unspecified atom stereocenters. The first-order valence-electron chi connectivity index (χ1n) is 7.86. The maximum atomic E-state index is 12.4. The van der Waals surface area contributed by atoms with Gasteiger partial charge in [-0.15, -0.1) is 0 Å². The SMILES string of the molecule is Cc1noc2ncc(C(=O)Nc3cnn(CC4CCCO4)c3)cc12. The van der Waals surface area contributed by atoms with Gasteiger partial charge in [0.25, 0.3) is 11.6 Å². The second-order valence-corrected chi connectivity index (χ2v) is 5.88. The molecule has 0 radical (unpaired) electrons. The van der Waals surface area contributed by atoms with E-state index in [4.69, 9.17) is 9.26 Å². The highest BCUT2D eigenvalue weighted by molar-refractivity contribution is 6.05. The van der Waals surface area contributed by atoms with E-state index in [0.29, 0.717) is 29.2 Å². The minimum absolute atomic E-state index is 0.205. The van der Waals surface area contributed by atoms with Crippen molar-refractivity contribution in [1.29, 1.82) is 0 Å². The van der Waals surface area contributed by atoms with Crippen molar-refractivity contribution in [2.45, 2.75) is 32.4 Å². The van der Waals surface area contributed by atoms with Gasteiger partial charge in [0.15, 0.2) is 0 Å². The van der Waals surface area contributed by atoms with Gasteiger partial charge in [0.1, 0.15) is 0 Å². The van der Waals surface area contributed by atoms with Gasteiger partial charge in [-0.2, -0.15) is 5.10 Å². The predicted octanol–water partition coefficient (Wildman–Crippen LogP) is 2.16. The minimum Gasteiger partial charge on any atom is -0.376 e. The summed E-state index contributed by atoms with van der Waals surface area (Å²) in [5.41, 5.74) is 2.21. The summed E-state index contributed by atoms with van der Waals surface area (Å²) in [6, 6.07) is 1.72. The number of hydrogen-bond acceptors (Lipinski definition) is 6. The normalized spacial score (nSPS) is 17.5. The summed E-state index contributed by atoms with van der Waals surface area (Å²) < 4.78 is 12.4. The largest absolute Gasteiger partial charge is 0.376 e. The zero-order chi connectivity index (χ0) is 16.5. The molecule has 1 aliphatic rings. The molecule has 1 atom stereocenters. The van der Waals surface area contributed by atoms with Crippen molar-refractivity contribution in [3.8, 4) is 0 Å². The van der Waals surface area contributed by atoms with E-state index >= 15 is 0 Å². The highest BCUT2D eigenvalue weighted by atomic mass is 16.5. The molecule has 1 N–H and O–H groups in total. The smallest absolute Gasteiger partial charge is 0.257 e. The molecule has 0 aliphatic carbocycles. The number of carbonyl (C=O) groups is 1. The third kappa shape index (κ3) is 2.88. The van der Waals surface area contributed by atoms with Gasteiger partial charge in [-0.05, 0) is 25.8 Å². The molecule has 0 aromatic carbocycles. The molecule has 1 aliphatic heterocycles. The molecular formula is C16H17N5O3. The number of nitrogens with zero attached hydrogens (tertiary/aromatic N) is 4. The van der Waals surface area contributed by atoms with Gasteiger partial charge >= 0.3 is 0 Å². The van der Waals surface area contributed by atoms with E-state index in [-0.39, 0.29) is 12.0 Å². The van der Waals surface area contributed by atoms with Crippen molar-refractivity contribution in [3.63, 3.8) is 0 Å². The summed E-state index contributed by atoms with van der Waals surface area (Å²) in [5.74, 6) is -0.248. The van der Waals surface area contributed by atoms with Crippen LogP contribution >= 0.6 is 0 Å². The molecule has 1 fully saturated rings. The van der Waals surface area contributed by atoms with Crippen molar-refractivity contribution in [2.75, 3.05) is 11.9 Å². The quantitative estimate of drug-likeness (QED) is 0.789. The van der Waals surface area contributed by atoms with E-state index in [0.717, 1.165) is 24.8 Å². The molecule has 4 rings (SSSR count). The molecule has 1 amide bonds. The van der Waals surface area contributed by atoms with E-state index in [2.05, 4.69) is 20.6 Å². The van der Waals surface area contributed by atoms with Crippen LogP contribution in [0.1, 0.15) is 28.9 Å². The Balaban J connectivity index is 1.46. The van der Waals surface area contributed by atoms with Crippen molar-refractivity contribution in [2.24, 2.45) is 0 Å². The van der Waals surface area contributed by atoms with Crippen LogP contribution in [0.15, 0.2) is 29.2 Å². The summed E-state index contributed by atoms with van der Waals surface area (Å²) in [5, 5.41) is 11.7. The lowest BCUT2D eigenvalue weighted by Crippen LogP contribution is -2.15. The van der Waals surface area contributed by atoms with Crippen molar-refractivity contribution < 1.29 is 14.1 Å². The van der Waals surface area contributed by atoms with E-state index < -0.39 is 0 Å². The highest BCUT2D eigenvalue weighted by Gasteiger charge is 2.17. The Kier molecular flexibility index (Phi) is 3.73. The van der Waals surface area contributed by atoms with Gasteiger partial charge in [0, 0.05) is 19.0 Å². The Labute approximate surface area is 137 Å². The first kappa shape index (κ1) is 14.8. The van der Waals surface area contributed by atoms with Gasteiger partial charge < -0.3 is 14.6 Å². The summed E-state index contributed by atoms with van der Waals surface area (Å²) >= 11 is 0. The highest BCUT2D eigenvalue weighted by Crippen LogP contribution is 2.18. The summed E-state index contributed by atoms with van der Waals surface area (Å²) in [4.78, 5) is 16.5. The number of pyridine rings is 1. The maximum Gasteiger partial charge on any atom is 0.257 e. The fourth-order valence-electron chi connectivity index (χ4n) is 2.80. The number of fused-ring (bicyclic) bond motifs is 1. The first-order chi connectivity index (χ1) is 11.7. The Bertz CT molecular complexity index is 879. The van der Waals surface area contributed by atoms with Crippen LogP contribution in [0.3, 0.4) is 0 Å². The van der Waals surface area contributed by atoms with Gasteiger partial charge in [-0.1, -0.05) is 5.16 Å². The predicted molar refractivity (Wildman–Crippen MR) is 85.7 cm³/mol. The van der Waals surface area contributed by atoms with Crippen LogP contribution in [-0.2, 0) is 11.3 Å². The van der Waals surface area contributed by atoms with E-state index in [1.165, 1.54) is 6.20 Å². The zero-order valence-corrected chi connectivity index (χ0v) is 13.2.